The van der Waals surface area contributed by atoms with Crippen LogP contribution in [0.4, 0.5) is 0 Å². The van der Waals surface area contributed by atoms with Gasteiger partial charge in [0.2, 0.25) is 5.78 Å². The highest BCUT2D eigenvalue weighted by Gasteiger charge is 2.37. The molecule has 4 N–H and O–H groups in total. The Morgan fingerprint density at radius 2 is 1.32 bits per heavy atom. The molecule has 0 unspecified atom stereocenters. The molecule has 7 nitrogen and oxygen atoms in total. The lowest BCUT2D eigenvalue weighted by Gasteiger charge is -2.20. The minimum absolute atomic E-state index is 0.337. The molecule has 1 aliphatic carbocycles. The van der Waals surface area contributed by atoms with Crippen molar-refractivity contribution < 1.29 is 34.8 Å². The molecule has 0 spiro atoms. The zero-order chi connectivity index (χ0) is 16.2. The average molecular weight is 300 g/mol. The van der Waals surface area contributed by atoms with E-state index in [4.69, 9.17) is 5.11 Å². The van der Waals surface area contributed by atoms with Gasteiger partial charge in [-0.25, -0.2) is 4.79 Å². The maximum absolute atomic E-state index is 12.4. The van der Waals surface area contributed by atoms with E-state index in [2.05, 4.69) is 0 Å². The van der Waals surface area contributed by atoms with Crippen molar-refractivity contribution in [1.29, 1.82) is 0 Å². The monoisotopic (exact) mass is 300 g/mol. The van der Waals surface area contributed by atoms with Crippen molar-refractivity contribution >= 4 is 17.5 Å². The first-order valence-electron chi connectivity index (χ1n) is 6.07. The molecule has 0 aliphatic heterocycles. The fourth-order valence-corrected chi connectivity index (χ4v) is 2.47. The summed E-state index contributed by atoms with van der Waals surface area (Å²) in [5, 5.41) is 38.4. The number of hydrogen-bond acceptors (Lipinski definition) is 6. The van der Waals surface area contributed by atoms with Gasteiger partial charge in [0.15, 0.2) is 5.78 Å². The third-order valence-corrected chi connectivity index (χ3v) is 3.45. The molecule has 110 valence electrons. The Morgan fingerprint density at radius 3 is 1.86 bits per heavy atom. The topological polar surface area (TPSA) is 132 Å². The van der Waals surface area contributed by atoms with Crippen molar-refractivity contribution in [3.8, 4) is 17.2 Å². The van der Waals surface area contributed by atoms with Crippen LogP contribution in [-0.2, 0) is 0 Å². The number of ketones is 2. The van der Waals surface area contributed by atoms with Crippen LogP contribution in [0.1, 0.15) is 42.2 Å². The van der Waals surface area contributed by atoms with Gasteiger partial charge in [-0.1, -0.05) is 0 Å². The van der Waals surface area contributed by atoms with Crippen molar-refractivity contribution in [3.63, 3.8) is 0 Å². The summed E-state index contributed by atoms with van der Waals surface area (Å²) in [7, 11) is 0. The predicted octanol–water partition coefficient (Wildman–Crippen LogP) is 1.28. The highest BCUT2D eigenvalue weighted by molar-refractivity contribution is 6.31. The van der Waals surface area contributed by atoms with Crippen LogP contribution < -0.4 is 0 Å². The SMILES string of the molecule is O=C(O)c1cc(O)c2c(c1)C(=O)c1c(O)ccc(O)c1C2=O. The smallest absolute Gasteiger partial charge is 0.335 e. The first-order valence-corrected chi connectivity index (χ1v) is 6.07. The van der Waals surface area contributed by atoms with Crippen LogP contribution in [-0.4, -0.2) is 38.0 Å². The second-order valence-electron chi connectivity index (χ2n) is 4.74. The molecule has 0 heterocycles. The van der Waals surface area contributed by atoms with Crippen molar-refractivity contribution in [1.82, 2.24) is 0 Å². The second kappa shape index (κ2) is 4.32. The lowest BCUT2D eigenvalue weighted by molar-refractivity contribution is 0.0695. The van der Waals surface area contributed by atoms with E-state index < -0.39 is 51.5 Å². The molecular formula is C15H8O7. The molecule has 22 heavy (non-hydrogen) atoms. The number of fused-ring (bicyclic) bond motifs is 2. The fourth-order valence-electron chi connectivity index (χ4n) is 2.47. The van der Waals surface area contributed by atoms with Crippen LogP contribution in [0.5, 0.6) is 17.2 Å². The standard InChI is InChI=1S/C15H8O7/c16-7-1-2-8(17)12-11(7)13(19)6-3-5(15(21)22)4-9(18)10(6)14(12)20/h1-4,16-18H,(H,21,22). The van der Waals surface area contributed by atoms with E-state index in [1.807, 2.05) is 0 Å². The van der Waals surface area contributed by atoms with Gasteiger partial charge in [0.05, 0.1) is 22.3 Å². The first-order chi connectivity index (χ1) is 10.3. The van der Waals surface area contributed by atoms with Crippen molar-refractivity contribution in [2.45, 2.75) is 0 Å². The van der Waals surface area contributed by atoms with Crippen LogP contribution in [0.2, 0.25) is 0 Å². The number of phenols is 3. The van der Waals surface area contributed by atoms with Gasteiger partial charge in [-0.2, -0.15) is 0 Å². The number of aromatic carboxylic acids is 1. The van der Waals surface area contributed by atoms with Gasteiger partial charge in [-0.15, -0.1) is 0 Å². The Bertz CT molecular complexity index is 880. The van der Waals surface area contributed by atoms with Crippen molar-refractivity contribution in [3.05, 3.63) is 52.1 Å². The Balaban J connectivity index is 2.39. The van der Waals surface area contributed by atoms with E-state index in [1.54, 1.807) is 0 Å². The summed E-state index contributed by atoms with van der Waals surface area (Å²) in [4.78, 5) is 35.8. The number of hydrogen-bond donors (Lipinski definition) is 4. The summed E-state index contributed by atoms with van der Waals surface area (Å²) in [6, 6.07) is 3.89. The average Bonchev–Trinajstić information content (AvgIpc) is 2.46. The summed E-state index contributed by atoms with van der Waals surface area (Å²) in [5.74, 6) is -4.81. The van der Waals surface area contributed by atoms with Crippen LogP contribution in [0.25, 0.3) is 0 Å². The van der Waals surface area contributed by atoms with Crippen molar-refractivity contribution in [2.75, 3.05) is 0 Å². The molecule has 0 bridgehead atoms. The molecule has 0 radical (unpaired) electrons. The first kappa shape index (κ1) is 13.6. The number of carbonyl (C=O) groups excluding carboxylic acids is 2. The van der Waals surface area contributed by atoms with Crippen LogP contribution in [0.15, 0.2) is 24.3 Å². The molecular weight excluding hydrogens is 292 g/mol. The van der Waals surface area contributed by atoms with Crippen LogP contribution >= 0.6 is 0 Å². The lowest BCUT2D eigenvalue weighted by Crippen LogP contribution is -2.22. The summed E-state index contributed by atoms with van der Waals surface area (Å²) in [6.07, 6.45) is 0. The van der Waals surface area contributed by atoms with E-state index in [1.165, 1.54) is 0 Å². The van der Waals surface area contributed by atoms with E-state index in [9.17, 15) is 29.7 Å². The van der Waals surface area contributed by atoms with Gasteiger partial charge >= 0.3 is 5.97 Å². The maximum Gasteiger partial charge on any atom is 0.335 e. The maximum atomic E-state index is 12.4. The zero-order valence-corrected chi connectivity index (χ0v) is 10.8. The molecule has 0 saturated heterocycles. The van der Waals surface area contributed by atoms with Gasteiger partial charge in [0.1, 0.15) is 17.2 Å². The summed E-state index contributed by atoms with van der Waals surface area (Å²) in [5.41, 5.74) is -1.95. The van der Waals surface area contributed by atoms with E-state index in [-0.39, 0.29) is 11.1 Å². The minimum Gasteiger partial charge on any atom is -0.507 e. The largest absolute Gasteiger partial charge is 0.507 e. The van der Waals surface area contributed by atoms with Gasteiger partial charge in [-0.3, -0.25) is 9.59 Å². The van der Waals surface area contributed by atoms with Gasteiger partial charge in [-0.05, 0) is 24.3 Å². The van der Waals surface area contributed by atoms with Crippen molar-refractivity contribution in [2.24, 2.45) is 0 Å². The highest BCUT2D eigenvalue weighted by Crippen LogP contribution is 2.40. The lowest BCUT2D eigenvalue weighted by atomic mass is 9.82. The number of rotatable bonds is 1. The molecule has 2 aromatic carbocycles. The summed E-state index contributed by atoms with van der Waals surface area (Å²) >= 11 is 0. The molecule has 3 rings (SSSR count). The normalized spacial score (nSPS) is 12.7. The van der Waals surface area contributed by atoms with E-state index in [0.717, 1.165) is 24.3 Å². The highest BCUT2D eigenvalue weighted by atomic mass is 16.4. The van der Waals surface area contributed by atoms with Gasteiger partial charge in [0, 0.05) is 5.56 Å². The fraction of sp³-hybridized carbons (Fsp3) is 0. The van der Waals surface area contributed by atoms with Gasteiger partial charge in [0.25, 0.3) is 0 Å². The molecule has 7 heteroatoms. The quantitative estimate of drug-likeness (QED) is 0.497. The Morgan fingerprint density at radius 1 is 0.773 bits per heavy atom. The third kappa shape index (κ3) is 1.65. The number of phenolic OH excluding ortho intramolecular Hbond substituents is 3. The Hall–Kier alpha value is -3.35. The number of carboxylic acids is 1. The predicted molar refractivity (Wildman–Crippen MR) is 71.7 cm³/mol. The minimum atomic E-state index is -1.38. The zero-order valence-electron chi connectivity index (χ0n) is 10.8. The summed E-state index contributed by atoms with van der Waals surface area (Å²) in [6.45, 7) is 0. The van der Waals surface area contributed by atoms with Crippen LogP contribution in [0.3, 0.4) is 0 Å². The Kier molecular flexibility index (Phi) is 2.68. The second-order valence-corrected chi connectivity index (χ2v) is 4.74. The molecule has 1 aliphatic rings. The molecule has 0 saturated carbocycles. The third-order valence-electron chi connectivity index (χ3n) is 3.45. The molecule has 2 aromatic rings. The molecule has 0 amide bonds. The molecule has 0 atom stereocenters. The Labute approximate surface area is 122 Å². The van der Waals surface area contributed by atoms with Gasteiger partial charge < -0.3 is 20.4 Å². The number of benzene rings is 2. The van der Waals surface area contributed by atoms with E-state index >= 15 is 0 Å². The summed E-state index contributed by atoms with van der Waals surface area (Å²) < 4.78 is 0. The molecule has 0 fully saturated rings. The number of carbonyl (C=O) groups is 3. The van der Waals surface area contributed by atoms with E-state index in [0.29, 0.717) is 0 Å². The number of aromatic hydroxyl groups is 3. The number of carboxylic acid groups (broad SMARTS) is 1. The molecule has 0 aromatic heterocycles. The van der Waals surface area contributed by atoms with Crippen LogP contribution in [0, 0.1) is 0 Å².